The number of hydrazine groups is 1. The topological polar surface area (TPSA) is 99.9 Å². The number of hydrazone groups is 1. The van der Waals surface area contributed by atoms with E-state index in [1.807, 2.05) is 42.7 Å². The first-order valence-electron chi connectivity index (χ1n) is 7.11. The highest BCUT2D eigenvalue weighted by molar-refractivity contribution is 7.98. The van der Waals surface area contributed by atoms with Crippen molar-refractivity contribution in [3.05, 3.63) is 54.1 Å². The minimum Gasteiger partial charge on any atom is -0.394 e. The molecule has 0 radical (unpaired) electrons. The highest BCUT2D eigenvalue weighted by Gasteiger charge is 2.07. The smallest absolute Gasteiger partial charge is 0.154 e. The van der Waals surface area contributed by atoms with Crippen molar-refractivity contribution in [2.24, 2.45) is 16.7 Å². The van der Waals surface area contributed by atoms with Gasteiger partial charge in [-0.25, -0.2) is 11.0 Å². The highest BCUT2D eigenvalue weighted by atomic mass is 32.2. The van der Waals surface area contributed by atoms with Crippen LogP contribution in [0.2, 0.25) is 0 Å². The highest BCUT2D eigenvalue weighted by Crippen LogP contribution is 2.23. The van der Waals surface area contributed by atoms with Crippen LogP contribution in [0.5, 0.6) is 0 Å². The van der Waals surface area contributed by atoms with E-state index in [-0.39, 0.29) is 19.0 Å². The van der Waals surface area contributed by atoms with Gasteiger partial charge in [0.05, 0.1) is 13.2 Å². The molecule has 0 aliphatic rings. The van der Waals surface area contributed by atoms with E-state index < -0.39 is 0 Å². The Hall–Kier alpha value is -2.22. The number of anilines is 2. The number of nitrogens with zero attached hydrogens (tertiary/aromatic N) is 2. The van der Waals surface area contributed by atoms with Crippen LogP contribution in [0, 0.1) is 0 Å². The van der Waals surface area contributed by atoms with E-state index >= 15 is 0 Å². The van der Waals surface area contributed by atoms with Gasteiger partial charge in [-0.2, -0.15) is 0 Å². The summed E-state index contributed by atoms with van der Waals surface area (Å²) in [7, 11) is 0. The Morgan fingerprint density at radius 3 is 2.57 bits per heavy atom. The molecule has 23 heavy (non-hydrogen) atoms. The third-order valence-electron chi connectivity index (χ3n) is 3.14. The van der Waals surface area contributed by atoms with E-state index in [1.54, 1.807) is 11.8 Å². The SMILES string of the molecule is CSc1ccc(Nc2ccccc2/C(N)=N/N(N)CCO)cc1. The Balaban J connectivity index is 2.22. The largest absolute Gasteiger partial charge is 0.394 e. The van der Waals surface area contributed by atoms with Gasteiger partial charge in [-0.1, -0.05) is 12.1 Å². The van der Waals surface area contributed by atoms with Crippen LogP contribution in [0.4, 0.5) is 11.4 Å². The average Bonchev–Trinajstić information content (AvgIpc) is 2.56. The zero-order chi connectivity index (χ0) is 16.7. The van der Waals surface area contributed by atoms with E-state index in [0.717, 1.165) is 22.1 Å². The van der Waals surface area contributed by atoms with E-state index in [2.05, 4.69) is 22.6 Å². The second-order valence-corrected chi connectivity index (χ2v) is 5.65. The van der Waals surface area contributed by atoms with Gasteiger partial charge < -0.3 is 16.2 Å². The predicted molar refractivity (Wildman–Crippen MR) is 96.7 cm³/mol. The first kappa shape index (κ1) is 17.1. The fraction of sp³-hybridized carbons (Fsp3) is 0.188. The Morgan fingerprint density at radius 2 is 1.91 bits per heavy atom. The molecule has 0 unspecified atom stereocenters. The van der Waals surface area contributed by atoms with Crippen molar-refractivity contribution in [1.29, 1.82) is 0 Å². The van der Waals surface area contributed by atoms with Crippen molar-refractivity contribution < 1.29 is 5.11 Å². The molecule has 2 rings (SSSR count). The van der Waals surface area contributed by atoms with Crippen LogP contribution in [0.25, 0.3) is 0 Å². The van der Waals surface area contributed by atoms with E-state index in [9.17, 15) is 0 Å². The summed E-state index contributed by atoms with van der Waals surface area (Å²) in [6.07, 6.45) is 2.04. The number of amidine groups is 1. The van der Waals surface area contributed by atoms with Gasteiger partial charge in [0.15, 0.2) is 5.84 Å². The number of hydrogen-bond acceptors (Lipinski definition) is 6. The van der Waals surface area contributed by atoms with Crippen molar-refractivity contribution in [3.63, 3.8) is 0 Å². The lowest BCUT2D eigenvalue weighted by Crippen LogP contribution is -2.32. The summed E-state index contributed by atoms with van der Waals surface area (Å²) in [5, 5.41) is 17.4. The lowest BCUT2D eigenvalue weighted by atomic mass is 10.1. The Morgan fingerprint density at radius 1 is 1.22 bits per heavy atom. The number of hydrogen-bond donors (Lipinski definition) is 4. The Kier molecular flexibility index (Phi) is 6.28. The standard InChI is InChI=1S/C16H21N5OS/c1-23-13-8-6-12(7-9-13)19-15-5-3-2-4-14(15)16(17)20-21(18)10-11-22/h2-9,19,22H,10-11,18H2,1H3,(H2,17,20). The first-order chi connectivity index (χ1) is 11.1. The first-order valence-corrected chi connectivity index (χ1v) is 8.34. The molecule has 2 aromatic carbocycles. The van der Waals surface area contributed by atoms with Gasteiger partial charge in [0.25, 0.3) is 0 Å². The van der Waals surface area contributed by atoms with Crippen molar-refractivity contribution in [2.45, 2.75) is 4.90 Å². The molecule has 0 bridgehead atoms. The van der Waals surface area contributed by atoms with E-state index in [4.69, 9.17) is 16.7 Å². The van der Waals surface area contributed by atoms with Gasteiger partial charge in [-0.15, -0.1) is 16.9 Å². The molecule has 7 heteroatoms. The van der Waals surface area contributed by atoms with Crippen LogP contribution in [0.15, 0.2) is 58.5 Å². The Labute approximate surface area is 140 Å². The average molecular weight is 331 g/mol. The summed E-state index contributed by atoms with van der Waals surface area (Å²) in [4.78, 5) is 1.20. The van der Waals surface area contributed by atoms with Crippen molar-refractivity contribution in [1.82, 2.24) is 5.12 Å². The van der Waals surface area contributed by atoms with Crippen molar-refractivity contribution in [2.75, 3.05) is 24.7 Å². The van der Waals surface area contributed by atoms with E-state index in [1.165, 1.54) is 4.90 Å². The molecular weight excluding hydrogens is 310 g/mol. The summed E-state index contributed by atoms with van der Waals surface area (Å²) < 4.78 is 0. The molecule has 0 amide bonds. The molecule has 0 heterocycles. The van der Waals surface area contributed by atoms with Crippen LogP contribution in [0.3, 0.4) is 0 Å². The number of aliphatic hydroxyl groups is 1. The van der Waals surface area contributed by atoms with Crippen LogP contribution in [-0.2, 0) is 0 Å². The summed E-state index contributed by atoms with van der Waals surface area (Å²) >= 11 is 1.70. The van der Waals surface area contributed by atoms with Gasteiger partial charge in [0.2, 0.25) is 0 Å². The fourth-order valence-corrected chi connectivity index (χ4v) is 2.40. The quantitative estimate of drug-likeness (QED) is 0.203. The van der Waals surface area contributed by atoms with E-state index in [0.29, 0.717) is 0 Å². The number of aliphatic hydroxyl groups excluding tert-OH is 1. The monoisotopic (exact) mass is 331 g/mol. The normalized spacial score (nSPS) is 11.3. The number of para-hydroxylation sites is 1. The predicted octanol–water partition coefficient (Wildman–Crippen LogP) is 1.94. The maximum absolute atomic E-state index is 8.87. The number of benzene rings is 2. The molecular formula is C16H21N5OS. The van der Waals surface area contributed by atoms with Crippen LogP contribution in [-0.4, -0.2) is 35.5 Å². The summed E-state index contributed by atoms with van der Waals surface area (Å²) in [5.41, 5.74) is 8.57. The molecule has 122 valence electrons. The second kappa shape index (κ2) is 8.42. The molecule has 2 aromatic rings. The van der Waals surface area contributed by atoms with Crippen molar-refractivity contribution >= 4 is 29.0 Å². The van der Waals surface area contributed by atoms with Gasteiger partial charge >= 0.3 is 0 Å². The fourth-order valence-electron chi connectivity index (χ4n) is 1.99. The molecule has 0 aliphatic heterocycles. The van der Waals surface area contributed by atoms with Gasteiger partial charge in [-0.3, -0.25) is 0 Å². The molecule has 6 N–H and O–H groups in total. The second-order valence-electron chi connectivity index (χ2n) is 4.77. The third-order valence-corrected chi connectivity index (χ3v) is 3.88. The number of rotatable bonds is 7. The molecule has 0 aliphatic carbocycles. The third kappa shape index (κ3) is 4.88. The van der Waals surface area contributed by atoms with Crippen LogP contribution >= 0.6 is 11.8 Å². The van der Waals surface area contributed by atoms with Crippen LogP contribution < -0.4 is 16.9 Å². The molecule has 0 fully saturated rings. The molecule has 0 saturated carbocycles. The summed E-state index contributed by atoms with van der Waals surface area (Å²) in [6, 6.07) is 15.7. The molecule has 0 saturated heterocycles. The maximum atomic E-state index is 8.87. The Bertz CT molecular complexity index is 660. The van der Waals surface area contributed by atoms with Gasteiger partial charge in [0, 0.05) is 21.8 Å². The lowest BCUT2D eigenvalue weighted by molar-refractivity contribution is 0.204. The minimum atomic E-state index is -0.0883. The molecule has 0 aromatic heterocycles. The zero-order valence-corrected chi connectivity index (χ0v) is 13.8. The number of thioether (sulfide) groups is 1. The number of nitrogens with two attached hydrogens (primary N) is 2. The summed E-state index contributed by atoms with van der Waals surface area (Å²) in [6.45, 7) is 0.126. The maximum Gasteiger partial charge on any atom is 0.154 e. The molecule has 6 nitrogen and oxygen atoms in total. The molecule has 0 atom stereocenters. The van der Waals surface area contributed by atoms with Crippen LogP contribution in [0.1, 0.15) is 5.56 Å². The lowest BCUT2D eigenvalue weighted by Gasteiger charge is -2.15. The van der Waals surface area contributed by atoms with Crippen molar-refractivity contribution in [3.8, 4) is 0 Å². The zero-order valence-electron chi connectivity index (χ0n) is 12.9. The number of nitrogens with one attached hydrogen (secondary N) is 1. The molecule has 0 spiro atoms. The van der Waals surface area contributed by atoms with Gasteiger partial charge in [0.1, 0.15) is 0 Å². The van der Waals surface area contributed by atoms with Gasteiger partial charge in [-0.05, 0) is 42.7 Å². The summed E-state index contributed by atoms with van der Waals surface area (Å²) in [5.74, 6) is 5.92. The minimum absolute atomic E-state index is 0.0883.